The van der Waals surface area contributed by atoms with Crippen molar-refractivity contribution in [2.45, 2.75) is 0 Å². The average Bonchev–Trinajstić information content (AvgIpc) is 2.96. The van der Waals surface area contributed by atoms with Crippen molar-refractivity contribution in [2.24, 2.45) is 0 Å². The van der Waals surface area contributed by atoms with Crippen molar-refractivity contribution in [3.05, 3.63) is 59.6 Å². The van der Waals surface area contributed by atoms with Crippen LogP contribution in [0.25, 0.3) is 16.0 Å². The molecule has 0 unspecified atom stereocenters. The summed E-state index contributed by atoms with van der Waals surface area (Å²) in [5.41, 5.74) is 3.48. The van der Waals surface area contributed by atoms with E-state index in [9.17, 15) is 4.79 Å². The van der Waals surface area contributed by atoms with E-state index >= 15 is 0 Å². The van der Waals surface area contributed by atoms with Gasteiger partial charge in [0.15, 0.2) is 0 Å². The number of carbonyl (C=O) groups is 1. The molecule has 4 heteroatoms. The molecule has 1 aliphatic rings. The highest BCUT2D eigenvalue weighted by atomic mass is 32.1. The first-order valence-corrected chi connectivity index (χ1v) is 7.35. The van der Waals surface area contributed by atoms with Crippen LogP contribution in [0.4, 0.5) is 5.69 Å². The molecule has 21 heavy (non-hydrogen) atoms. The molecule has 0 spiro atoms. The first-order chi connectivity index (χ1) is 10.1. The molecule has 0 fully saturated rings. The number of thiophene rings is 1. The van der Waals surface area contributed by atoms with Crippen molar-refractivity contribution >= 4 is 28.6 Å². The summed E-state index contributed by atoms with van der Waals surface area (Å²) < 4.78 is 4.88. The van der Waals surface area contributed by atoms with Crippen molar-refractivity contribution < 1.29 is 9.53 Å². The fourth-order valence-corrected chi connectivity index (χ4v) is 3.51. The van der Waals surface area contributed by atoms with E-state index in [1.54, 1.807) is 17.4 Å². The van der Waals surface area contributed by atoms with E-state index < -0.39 is 0 Å². The Morgan fingerprint density at radius 2 is 2.00 bits per heavy atom. The van der Waals surface area contributed by atoms with Crippen LogP contribution in [0.2, 0.25) is 0 Å². The molecule has 1 aliphatic heterocycles. The van der Waals surface area contributed by atoms with Crippen LogP contribution < -0.4 is 4.90 Å². The van der Waals surface area contributed by atoms with Gasteiger partial charge in [-0.3, -0.25) is 0 Å². The van der Waals surface area contributed by atoms with E-state index in [4.69, 9.17) is 4.74 Å². The van der Waals surface area contributed by atoms with Gasteiger partial charge < -0.3 is 9.64 Å². The molecule has 0 amide bonds. The Morgan fingerprint density at radius 1 is 1.29 bits per heavy atom. The number of ether oxygens (including phenoxy) is 1. The summed E-state index contributed by atoms with van der Waals surface area (Å²) in [5.74, 6) is -0.327. The van der Waals surface area contributed by atoms with E-state index in [1.165, 1.54) is 7.11 Å². The normalized spacial score (nSPS) is 13.7. The number of hydrogen-bond acceptors (Lipinski definition) is 4. The van der Waals surface area contributed by atoms with Crippen molar-refractivity contribution in [3.8, 4) is 10.4 Å². The molecule has 0 atom stereocenters. The van der Waals surface area contributed by atoms with Gasteiger partial charge in [-0.15, -0.1) is 11.3 Å². The van der Waals surface area contributed by atoms with Crippen LogP contribution in [0, 0.1) is 0 Å². The Bertz CT molecular complexity index is 743. The lowest BCUT2D eigenvalue weighted by Crippen LogP contribution is -2.20. The van der Waals surface area contributed by atoms with E-state index in [0.29, 0.717) is 5.57 Å². The van der Waals surface area contributed by atoms with Gasteiger partial charge in [0.25, 0.3) is 0 Å². The highest BCUT2D eigenvalue weighted by molar-refractivity contribution is 7.17. The summed E-state index contributed by atoms with van der Waals surface area (Å²) in [6.45, 7) is 3.99. The number of carbonyl (C=O) groups excluding carboxylic acids is 1. The SMILES string of the molecule is C=C1C=C(C(=O)OC)c2sc(-c3ccccc3)cc2N1C. The van der Waals surface area contributed by atoms with E-state index in [1.807, 2.05) is 30.1 Å². The van der Waals surface area contributed by atoms with Gasteiger partial charge in [0, 0.05) is 17.6 Å². The van der Waals surface area contributed by atoms with Crippen molar-refractivity contribution in [1.29, 1.82) is 0 Å². The Balaban J connectivity index is 2.14. The molecule has 0 saturated carbocycles. The summed E-state index contributed by atoms with van der Waals surface area (Å²) in [4.78, 5) is 16.0. The Kier molecular flexibility index (Phi) is 3.39. The third-order valence-corrected chi connectivity index (χ3v) is 4.73. The minimum atomic E-state index is -0.327. The number of esters is 1. The van der Waals surface area contributed by atoms with Crippen LogP contribution in [0.5, 0.6) is 0 Å². The number of anilines is 1. The first kappa shape index (κ1) is 13.6. The maximum absolute atomic E-state index is 12.0. The summed E-state index contributed by atoms with van der Waals surface area (Å²) >= 11 is 1.59. The number of rotatable bonds is 2. The smallest absolute Gasteiger partial charge is 0.339 e. The van der Waals surface area contributed by atoms with Gasteiger partial charge in [0.05, 0.1) is 23.2 Å². The summed E-state index contributed by atoms with van der Waals surface area (Å²) in [6.07, 6.45) is 1.78. The minimum absolute atomic E-state index is 0.327. The highest BCUT2D eigenvalue weighted by Gasteiger charge is 2.27. The zero-order chi connectivity index (χ0) is 15.0. The molecule has 0 saturated heterocycles. The number of benzene rings is 1. The van der Waals surface area contributed by atoms with Crippen molar-refractivity contribution in [1.82, 2.24) is 0 Å². The molecule has 2 aromatic rings. The number of methoxy groups -OCH3 is 1. The quantitative estimate of drug-likeness (QED) is 0.786. The molecule has 106 valence electrons. The van der Waals surface area contributed by atoms with Crippen LogP contribution in [0.3, 0.4) is 0 Å². The van der Waals surface area contributed by atoms with Gasteiger partial charge in [-0.2, -0.15) is 0 Å². The second-order valence-electron chi connectivity index (χ2n) is 4.79. The molecule has 0 N–H and O–H groups in total. The fraction of sp³-hybridized carbons (Fsp3) is 0.118. The third kappa shape index (κ3) is 2.28. The van der Waals surface area contributed by atoms with Crippen LogP contribution in [0.1, 0.15) is 4.88 Å². The molecule has 1 aromatic carbocycles. The summed E-state index contributed by atoms with van der Waals surface area (Å²) in [6, 6.07) is 12.2. The van der Waals surface area contributed by atoms with Gasteiger partial charge in [-0.25, -0.2) is 4.79 Å². The summed E-state index contributed by atoms with van der Waals surface area (Å²) in [5, 5.41) is 0. The molecular weight excluding hydrogens is 282 g/mol. The molecule has 0 bridgehead atoms. The van der Waals surface area contributed by atoms with Crippen molar-refractivity contribution in [2.75, 3.05) is 19.1 Å². The largest absolute Gasteiger partial charge is 0.465 e. The van der Waals surface area contributed by atoms with E-state index in [0.717, 1.165) is 26.7 Å². The molecule has 2 heterocycles. The lowest BCUT2D eigenvalue weighted by atomic mass is 10.1. The third-order valence-electron chi connectivity index (χ3n) is 3.52. The predicted octanol–water partition coefficient (Wildman–Crippen LogP) is 3.94. The zero-order valence-electron chi connectivity index (χ0n) is 11.9. The number of allylic oxidation sites excluding steroid dienone is 1. The summed E-state index contributed by atoms with van der Waals surface area (Å²) in [7, 11) is 3.35. The molecule has 0 aliphatic carbocycles. The maximum atomic E-state index is 12.0. The van der Waals surface area contributed by atoms with Crippen LogP contribution >= 0.6 is 11.3 Å². The molecule has 3 rings (SSSR count). The zero-order valence-corrected chi connectivity index (χ0v) is 12.7. The first-order valence-electron chi connectivity index (χ1n) is 6.54. The topological polar surface area (TPSA) is 29.5 Å². The lowest BCUT2D eigenvalue weighted by molar-refractivity contribution is -0.133. The molecule has 1 aromatic heterocycles. The van der Waals surface area contributed by atoms with Gasteiger partial charge in [0.1, 0.15) is 0 Å². The lowest BCUT2D eigenvalue weighted by Gasteiger charge is -2.25. The second kappa shape index (κ2) is 5.22. The van der Waals surface area contributed by atoms with E-state index in [-0.39, 0.29) is 5.97 Å². The number of fused-ring (bicyclic) bond motifs is 1. The number of likely N-dealkylation sites (N-methyl/N-ethyl adjacent to an activating group) is 1. The van der Waals surface area contributed by atoms with Gasteiger partial charge in [0.2, 0.25) is 0 Å². The monoisotopic (exact) mass is 297 g/mol. The highest BCUT2D eigenvalue weighted by Crippen LogP contribution is 2.44. The van der Waals surface area contributed by atoms with Gasteiger partial charge >= 0.3 is 5.97 Å². The average molecular weight is 297 g/mol. The Labute approximate surface area is 127 Å². The second-order valence-corrected chi connectivity index (χ2v) is 5.84. The Morgan fingerprint density at radius 3 is 2.67 bits per heavy atom. The van der Waals surface area contributed by atoms with Crippen molar-refractivity contribution in [3.63, 3.8) is 0 Å². The van der Waals surface area contributed by atoms with E-state index in [2.05, 4.69) is 24.8 Å². The number of nitrogens with zero attached hydrogens (tertiary/aromatic N) is 1. The number of hydrogen-bond donors (Lipinski definition) is 0. The van der Waals surface area contributed by atoms with Gasteiger partial charge in [-0.05, 0) is 17.7 Å². The Hall–Kier alpha value is -2.33. The molecule has 3 nitrogen and oxygen atoms in total. The van der Waals surface area contributed by atoms with Gasteiger partial charge in [-0.1, -0.05) is 36.9 Å². The standard InChI is InChI=1S/C17H15NO2S/c1-11-9-13(17(19)20-3)16-14(18(11)2)10-15(21-16)12-7-5-4-6-8-12/h4-10H,1H2,2-3H3. The fourth-order valence-electron chi connectivity index (χ4n) is 2.31. The predicted molar refractivity (Wildman–Crippen MR) is 87.3 cm³/mol. The molecule has 0 radical (unpaired) electrons. The van der Waals surface area contributed by atoms with Crippen LogP contribution in [-0.2, 0) is 9.53 Å². The van der Waals surface area contributed by atoms with Crippen LogP contribution in [-0.4, -0.2) is 20.1 Å². The molecular formula is C17H15NO2S. The maximum Gasteiger partial charge on any atom is 0.339 e. The minimum Gasteiger partial charge on any atom is -0.465 e. The van der Waals surface area contributed by atoms with Crippen LogP contribution in [0.15, 0.2) is 54.8 Å².